The number of hydrogen-bond acceptors (Lipinski definition) is 10. The molecule has 214 valence electrons. The molecule has 3 aliphatic heterocycles. The Labute approximate surface area is 220 Å². The zero-order valence-electron chi connectivity index (χ0n) is 23.2. The van der Waals surface area contributed by atoms with Crippen LogP contribution < -0.4 is 0 Å². The van der Waals surface area contributed by atoms with Crippen molar-refractivity contribution in [3.63, 3.8) is 0 Å². The third-order valence-electron chi connectivity index (χ3n) is 6.43. The second kappa shape index (κ2) is 13.3. The minimum atomic E-state index is -1.05. The molecule has 0 atom stereocenters. The molecule has 0 aromatic rings. The van der Waals surface area contributed by atoms with Crippen molar-refractivity contribution in [1.29, 1.82) is 0 Å². The maximum absolute atomic E-state index is 9.39. The summed E-state index contributed by atoms with van der Waals surface area (Å²) < 4.78 is 52.4. The van der Waals surface area contributed by atoms with Gasteiger partial charge in [0.05, 0.1) is 79.3 Å². The lowest BCUT2D eigenvalue weighted by Crippen LogP contribution is -2.46. The first-order chi connectivity index (χ1) is 17.4. The number of azide groups is 1. The maximum Gasteiger partial charge on any atom is 0.162 e. The molecule has 0 radical (unpaired) electrons. The summed E-state index contributed by atoms with van der Waals surface area (Å²) in [7, 11) is 0. The van der Waals surface area contributed by atoms with Crippen molar-refractivity contribution in [2.45, 2.75) is 64.4 Å². The van der Waals surface area contributed by atoms with Crippen LogP contribution in [0.3, 0.4) is 0 Å². The van der Waals surface area contributed by atoms with Gasteiger partial charge in [0.15, 0.2) is 17.4 Å². The average molecular weight is 532 g/mol. The zero-order chi connectivity index (χ0) is 27.0. The van der Waals surface area contributed by atoms with Gasteiger partial charge in [-0.05, 0) is 47.1 Å². The van der Waals surface area contributed by atoms with Gasteiger partial charge in [-0.1, -0.05) is 5.11 Å². The van der Waals surface area contributed by atoms with E-state index in [2.05, 4.69) is 10.0 Å². The predicted octanol–water partition coefficient (Wildman–Crippen LogP) is 3.28. The molecule has 12 heteroatoms. The van der Waals surface area contributed by atoms with Crippen LogP contribution in [0.25, 0.3) is 10.4 Å². The van der Waals surface area contributed by atoms with Crippen molar-refractivity contribution in [2.24, 2.45) is 22.9 Å². The first-order valence-electron chi connectivity index (χ1n) is 13.0. The highest BCUT2D eigenvalue weighted by Gasteiger charge is 2.35. The van der Waals surface area contributed by atoms with E-state index in [1.54, 1.807) is 0 Å². The highest BCUT2D eigenvalue weighted by molar-refractivity contribution is 4.89. The molecule has 3 rings (SSSR count). The second-order valence-electron chi connectivity index (χ2n) is 11.6. The Bertz CT molecular complexity index is 644. The summed E-state index contributed by atoms with van der Waals surface area (Å²) in [6.07, 6.45) is 0. The predicted molar refractivity (Wildman–Crippen MR) is 133 cm³/mol. The van der Waals surface area contributed by atoms with Crippen molar-refractivity contribution in [1.82, 2.24) is 0 Å². The number of ether oxygens (including phenoxy) is 9. The molecular weight excluding hydrogens is 486 g/mol. The quantitative estimate of drug-likeness (QED) is 0.199. The topological polar surface area (TPSA) is 132 Å². The lowest BCUT2D eigenvalue weighted by Gasteiger charge is -2.37. The normalized spacial score (nSPS) is 25.0. The fourth-order valence-corrected chi connectivity index (χ4v) is 4.02. The summed E-state index contributed by atoms with van der Waals surface area (Å²) in [5.41, 5.74) is 8.34. The van der Waals surface area contributed by atoms with E-state index in [1.807, 2.05) is 41.5 Å². The van der Waals surface area contributed by atoms with Crippen molar-refractivity contribution in [3.8, 4) is 0 Å². The Morgan fingerprint density at radius 3 is 1.14 bits per heavy atom. The Hall–Kier alpha value is -1.05. The minimum absolute atomic E-state index is 0.0819. The monoisotopic (exact) mass is 531 g/mol. The highest BCUT2D eigenvalue weighted by Crippen LogP contribution is 2.25. The molecular formula is C25H45N3O9. The van der Waals surface area contributed by atoms with Crippen LogP contribution in [-0.4, -0.2) is 102 Å². The van der Waals surface area contributed by atoms with E-state index in [4.69, 9.17) is 42.6 Å². The Morgan fingerprint density at radius 1 is 0.622 bits per heavy atom. The molecule has 0 bridgehead atoms. The lowest BCUT2D eigenvalue weighted by molar-refractivity contribution is -0.268. The molecule has 0 saturated carbocycles. The molecule has 0 unspecified atom stereocenters. The first kappa shape index (κ1) is 30.5. The maximum atomic E-state index is 9.39. The molecule has 3 aliphatic rings. The van der Waals surface area contributed by atoms with Gasteiger partial charge in [-0.15, -0.1) is 0 Å². The standard InChI is InChI=1S/C25H45N3O9/c1-22(2)32-10-19(11-33-22)7-29-16-25(27-28-26,17-30-8-20-12-34-23(3,4)35-13-20)18-31-9-21-14-36-24(5,6)37-15-21/h19-21H,7-18H2,1-6H3. The van der Waals surface area contributed by atoms with Crippen LogP contribution in [0, 0.1) is 17.8 Å². The molecule has 3 heterocycles. The molecule has 0 amide bonds. The number of hydrogen-bond donors (Lipinski definition) is 0. The Kier molecular flexibility index (Phi) is 11.0. The molecule has 0 aliphatic carbocycles. The van der Waals surface area contributed by atoms with Crippen LogP contribution in [0.15, 0.2) is 5.11 Å². The summed E-state index contributed by atoms with van der Waals surface area (Å²) >= 11 is 0. The first-order valence-corrected chi connectivity index (χ1v) is 13.0. The van der Waals surface area contributed by atoms with E-state index in [9.17, 15) is 5.53 Å². The van der Waals surface area contributed by atoms with Crippen LogP contribution >= 0.6 is 0 Å². The molecule has 0 N–H and O–H groups in total. The van der Waals surface area contributed by atoms with Crippen LogP contribution in [0.5, 0.6) is 0 Å². The summed E-state index contributed by atoms with van der Waals surface area (Å²) in [6.45, 7) is 16.1. The van der Waals surface area contributed by atoms with E-state index in [-0.39, 0.29) is 37.6 Å². The summed E-state index contributed by atoms with van der Waals surface area (Å²) in [5, 5.41) is 4.09. The largest absolute Gasteiger partial charge is 0.380 e. The van der Waals surface area contributed by atoms with Crippen molar-refractivity contribution in [3.05, 3.63) is 10.4 Å². The fraction of sp³-hybridized carbons (Fsp3) is 1.00. The van der Waals surface area contributed by atoms with Crippen molar-refractivity contribution in [2.75, 3.05) is 79.3 Å². The van der Waals surface area contributed by atoms with Gasteiger partial charge in [0, 0.05) is 22.7 Å². The van der Waals surface area contributed by atoms with Crippen LogP contribution in [0.4, 0.5) is 0 Å². The van der Waals surface area contributed by atoms with Gasteiger partial charge in [-0.25, -0.2) is 0 Å². The molecule has 0 aromatic carbocycles. The van der Waals surface area contributed by atoms with Crippen LogP contribution in [0.2, 0.25) is 0 Å². The van der Waals surface area contributed by atoms with E-state index >= 15 is 0 Å². The van der Waals surface area contributed by atoms with Crippen molar-refractivity contribution < 1.29 is 42.6 Å². The number of nitrogens with zero attached hydrogens (tertiary/aromatic N) is 3. The van der Waals surface area contributed by atoms with E-state index in [0.29, 0.717) is 59.5 Å². The molecule has 37 heavy (non-hydrogen) atoms. The molecule has 3 fully saturated rings. The molecule has 0 spiro atoms. The lowest BCUT2D eigenvalue weighted by atomic mass is 10.0. The van der Waals surface area contributed by atoms with Gasteiger partial charge < -0.3 is 42.6 Å². The van der Waals surface area contributed by atoms with Gasteiger partial charge in [-0.2, -0.15) is 0 Å². The van der Waals surface area contributed by atoms with Crippen molar-refractivity contribution >= 4 is 0 Å². The molecule has 12 nitrogen and oxygen atoms in total. The Balaban J connectivity index is 1.52. The van der Waals surface area contributed by atoms with E-state index in [1.165, 1.54) is 0 Å². The third-order valence-corrected chi connectivity index (χ3v) is 6.43. The molecule has 0 aromatic heterocycles. The second-order valence-corrected chi connectivity index (χ2v) is 11.6. The van der Waals surface area contributed by atoms with Gasteiger partial charge in [0.2, 0.25) is 0 Å². The Morgan fingerprint density at radius 2 is 0.892 bits per heavy atom. The van der Waals surface area contributed by atoms with Gasteiger partial charge in [0.25, 0.3) is 0 Å². The molecule has 3 saturated heterocycles. The van der Waals surface area contributed by atoms with E-state index < -0.39 is 22.9 Å². The van der Waals surface area contributed by atoms with Gasteiger partial charge in [0.1, 0.15) is 5.54 Å². The van der Waals surface area contributed by atoms with E-state index in [0.717, 1.165) is 0 Å². The van der Waals surface area contributed by atoms with Crippen LogP contribution in [-0.2, 0) is 42.6 Å². The van der Waals surface area contributed by atoms with Gasteiger partial charge in [-0.3, -0.25) is 0 Å². The van der Waals surface area contributed by atoms with Crippen LogP contribution in [0.1, 0.15) is 41.5 Å². The zero-order valence-corrected chi connectivity index (χ0v) is 23.2. The number of rotatable bonds is 13. The summed E-state index contributed by atoms with van der Waals surface area (Å²) in [5.74, 6) is -1.51. The highest BCUT2D eigenvalue weighted by atomic mass is 16.7. The SMILES string of the molecule is CC1(C)OCC(COCC(COCC2COC(C)(C)OC2)(COCC2COC(C)(C)OC2)N=[N+]=[N-])CO1. The smallest absolute Gasteiger partial charge is 0.162 e. The summed E-state index contributed by atoms with van der Waals surface area (Å²) in [6, 6.07) is 0. The van der Waals surface area contributed by atoms with Gasteiger partial charge >= 0.3 is 0 Å². The summed E-state index contributed by atoms with van der Waals surface area (Å²) in [4.78, 5) is 3.10. The minimum Gasteiger partial charge on any atom is -0.380 e. The fourth-order valence-electron chi connectivity index (χ4n) is 4.02. The third kappa shape index (κ3) is 10.6. The average Bonchev–Trinajstić information content (AvgIpc) is 2.82.